The average Bonchev–Trinajstić information content (AvgIpc) is 3.84. The summed E-state index contributed by atoms with van der Waals surface area (Å²) in [4.78, 5) is 26.0. The summed E-state index contributed by atoms with van der Waals surface area (Å²) < 4.78 is 8.37. The number of carbonyl (C=O) groups is 2. The van der Waals surface area contributed by atoms with Crippen molar-refractivity contribution < 1.29 is 14.3 Å². The molecule has 0 bridgehead atoms. The molecule has 9 nitrogen and oxygen atoms in total. The highest BCUT2D eigenvalue weighted by atomic mass is 35.5. The SMILES string of the molecule is CC1=NN(C)C(C)C1c1c(Cl)ccc(/C(=C/c2cc(CN3CCCC3)cc3c(C=O)cn(C)c23)CCCOc2cc(C)c(Cl)c(C)c2)c1NCCNC=O. The normalized spacial score (nSPS) is 17.7. The van der Waals surface area contributed by atoms with Crippen LogP contribution in [-0.2, 0) is 18.4 Å². The minimum Gasteiger partial charge on any atom is -0.494 e. The van der Waals surface area contributed by atoms with Crippen molar-refractivity contribution in [2.45, 2.75) is 71.9 Å². The van der Waals surface area contributed by atoms with Gasteiger partial charge in [0.25, 0.3) is 0 Å². The molecule has 2 atom stereocenters. The minimum atomic E-state index is -0.0385. The molecule has 286 valence electrons. The van der Waals surface area contributed by atoms with Crippen molar-refractivity contribution in [3.63, 3.8) is 0 Å². The molecule has 2 aliphatic rings. The van der Waals surface area contributed by atoms with Crippen LogP contribution in [0.3, 0.4) is 0 Å². The number of amides is 1. The lowest BCUT2D eigenvalue weighted by molar-refractivity contribution is -0.109. The van der Waals surface area contributed by atoms with Gasteiger partial charge in [0.15, 0.2) is 6.29 Å². The monoisotopic (exact) mass is 770 g/mol. The first-order valence-corrected chi connectivity index (χ1v) is 19.7. The molecule has 1 fully saturated rings. The summed E-state index contributed by atoms with van der Waals surface area (Å²) in [5.74, 6) is 0.762. The number of hydrogen-bond acceptors (Lipinski definition) is 7. The van der Waals surface area contributed by atoms with E-state index in [-0.39, 0.29) is 12.0 Å². The highest BCUT2D eigenvalue weighted by molar-refractivity contribution is 6.32. The Kier molecular flexibility index (Phi) is 12.7. The summed E-state index contributed by atoms with van der Waals surface area (Å²) in [6, 6.07) is 12.6. The number of nitrogens with zero attached hydrogens (tertiary/aromatic N) is 4. The number of allylic oxidation sites excluding steroid dienone is 1. The first-order chi connectivity index (χ1) is 26.0. The predicted molar refractivity (Wildman–Crippen MR) is 223 cm³/mol. The van der Waals surface area contributed by atoms with Crippen LogP contribution >= 0.6 is 23.2 Å². The number of aryl methyl sites for hydroxylation is 3. The molecule has 0 radical (unpaired) electrons. The number of carbonyl (C=O) groups excluding carboxylic acids is 2. The van der Waals surface area contributed by atoms with E-state index in [9.17, 15) is 9.59 Å². The van der Waals surface area contributed by atoms with Gasteiger partial charge in [0.2, 0.25) is 6.41 Å². The molecule has 1 amide bonds. The Morgan fingerprint density at radius 3 is 2.41 bits per heavy atom. The van der Waals surface area contributed by atoms with E-state index in [2.05, 4.69) is 58.2 Å². The number of hydrazone groups is 1. The molecule has 0 saturated carbocycles. The molecule has 0 aliphatic carbocycles. The molecular weight excluding hydrogens is 719 g/mol. The molecular formula is C43H52Cl2N6O3. The topological polar surface area (TPSA) is 91.2 Å². The second-order valence-electron chi connectivity index (χ2n) is 14.8. The zero-order chi connectivity index (χ0) is 38.5. The van der Waals surface area contributed by atoms with Gasteiger partial charge >= 0.3 is 0 Å². The van der Waals surface area contributed by atoms with Crippen molar-refractivity contribution in [2.24, 2.45) is 12.1 Å². The molecule has 11 heteroatoms. The molecule has 0 spiro atoms. The Labute approximate surface area is 329 Å². The number of halogens is 2. The fourth-order valence-electron chi connectivity index (χ4n) is 8.18. The minimum absolute atomic E-state index is 0.0385. The fraction of sp³-hybridized carbons (Fsp3) is 0.419. The quantitative estimate of drug-likeness (QED) is 0.0673. The number of fused-ring (bicyclic) bond motifs is 1. The number of aromatic nitrogens is 1. The van der Waals surface area contributed by atoms with E-state index in [4.69, 9.17) is 33.0 Å². The number of anilines is 1. The predicted octanol–water partition coefficient (Wildman–Crippen LogP) is 8.86. The van der Waals surface area contributed by atoms with Gasteiger partial charge in [0.05, 0.1) is 18.2 Å². The van der Waals surface area contributed by atoms with Gasteiger partial charge in [0.1, 0.15) is 5.75 Å². The number of ether oxygens (including phenoxy) is 1. The summed E-state index contributed by atoms with van der Waals surface area (Å²) in [5, 5.41) is 15.7. The Morgan fingerprint density at radius 1 is 1.00 bits per heavy atom. The third-order valence-electron chi connectivity index (χ3n) is 10.9. The largest absolute Gasteiger partial charge is 0.494 e. The molecule has 3 aromatic carbocycles. The van der Waals surface area contributed by atoms with Gasteiger partial charge in [-0.1, -0.05) is 29.3 Å². The highest BCUT2D eigenvalue weighted by Crippen LogP contribution is 2.44. The van der Waals surface area contributed by atoms with E-state index < -0.39 is 0 Å². The number of hydrogen-bond donors (Lipinski definition) is 2. The smallest absolute Gasteiger partial charge is 0.207 e. The lowest BCUT2D eigenvalue weighted by atomic mass is 9.84. The van der Waals surface area contributed by atoms with Crippen LogP contribution < -0.4 is 15.4 Å². The number of aldehydes is 1. The van der Waals surface area contributed by atoms with Gasteiger partial charge in [-0.3, -0.25) is 19.5 Å². The van der Waals surface area contributed by atoms with Gasteiger partial charge in [-0.15, -0.1) is 0 Å². The molecule has 1 saturated heterocycles. The van der Waals surface area contributed by atoms with Crippen LogP contribution in [0.25, 0.3) is 22.6 Å². The molecule has 6 rings (SSSR count). The summed E-state index contributed by atoms with van der Waals surface area (Å²) >= 11 is 13.6. The Morgan fingerprint density at radius 2 is 1.74 bits per heavy atom. The molecule has 2 aliphatic heterocycles. The maximum atomic E-state index is 12.3. The third kappa shape index (κ3) is 8.49. The number of likely N-dealkylation sites (N-methyl/N-ethyl adjacent to an activating group) is 1. The number of rotatable bonds is 16. The Balaban J connectivity index is 1.49. The Hall–Kier alpha value is -4.31. The van der Waals surface area contributed by atoms with Crippen molar-refractivity contribution in [3.05, 3.63) is 91.6 Å². The zero-order valence-electron chi connectivity index (χ0n) is 32.3. The van der Waals surface area contributed by atoms with Crippen LogP contribution in [-0.4, -0.2) is 78.8 Å². The van der Waals surface area contributed by atoms with Gasteiger partial charge in [-0.05, 0) is 131 Å². The second kappa shape index (κ2) is 17.4. The van der Waals surface area contributed by atoms with Gasteiger partial charge in [-0.25, -0.2) is 0 Å². The van der Waals surface area contributed by atoms with Gasteiger partial charge in [-0.2, -0.15) is 5.10 Å². The van der Waals surface area contributed by atoms with E-state index in [1.807, 2.05) is 57.3 Å². The van der Waals surface area contributed by atoms with Gasteiger partial charge < -0.3 is 19.9 Å². The molecule has 54 heavy (non-hydrogen) atoms. The summed E-state index contributed by atoms with van der Waals surface area (Å²) in [5.41, 5.74) is 10.9. The third-order valence-corrected chi connectivity index (χ3v) is 11.8. The van der Waals surface area contributed by atoms with Crippen molar-refractivity contribution in [1.82, 2.24) is 19.8 Å². The van der Waals surface area contributed by atoms with E-state index in [0.29, 0.717) is 36.7 Å². The van der Waals surface area contributed by atoms with Crippen LogP contribution in [0.2, 0.25) is 10.0 Å². The van der Waals surface area contributed by atoms with E-state index in [1.165, 1.54) is 18.4 Å². The Bertz CT molecular complexity index is 2060. The number of likely N-dealkylation sites (tertiary alicyclic amines) is 1. The van der Waals surface area contributed by atoms with Gasteiger partial charge in [0, 0.05) is 89.4 Å². The molecule has 4 aromatic rings. The maximum Gasteiger partial charge on any atom is 0.207 e. The highest BCUT2D eigenvalue weighted by Gasteiger charge is 2.35. The van der Waals surface area contributed by atoms with E-state index >= 15 is 0 Å². The first-order valence-electron chi connectivity index (χ1n) is 18.9. The lowest BCUT2D eigenvalue weighted by Crippen LogP contribution is -2.28. The molecule has 3 heterocycles. The van der Waals surface area contributed by atoms with Crippen LogP contribution in [0.15, 0.2) is 47.7 Å². The second-order valence-corrected chi connectivity index (χ2v) is 15.6. The average molecular weight is 772 g/mol. The molecule has 2 N–H and O–H groups in total. The van der Waals surface area contributed by atoms with E-state index in [1.54, 1.807) is 0 Å². The van der Waals surface area contributed by atoms with Crippen LogP contribution in [0.5, 0.6) is 5.75 Å². The molecule has 2 unspecified atom stereocenters. The van der Waals surface area contributed by atoms with Crippen molar-refractivity contribution in [3.8, 4) is 5.75 Å². The lowest BCUT2D eigenvalue weighted by Gasteiger charge is -2.27. The molecule has 1 aromatic heterocycles. The van der Waals surface area contributed by atoms with Crippen molar-refractivity contribution in [1.29, 1.82) is 0 Å². The van der Waals surface area contributed by atoms with Crippen LogP contribution in [0.1, 0.15) is 89.2 Å². The first kappa shape index (κ1) is 39.4. The van der Waals surface area contributed by atoms with Crippen LogP contribution in [0.4, 0.5) is 5.69 Å². The van der Waals surface area contributed by atoms with Crippen LogP contribution in [0, 0.1) is 13.8 Å². The van der Waals surface area contributed by atoms with Crippen molar-refractivity contribution in [2.75, 3.05) is 45.2 Å². The summed E-state index contributed by atoms with van der Waals surface area (Å²) in [7, 11) is 4.00. The number of benzene rings is 3. The maximum absolute atomic E-state index is 12.3. The van der Waals surface area contributed by atoms with Crippen molar-refractivity contribution >= 4 is 69.8 Å². The summed E-state index contributed by atoms with van der Waals surface area (Å²) in [6.45, 7) is 12.7. The van der Waals surface area contributed by atoms with E-state index in [0.717, 1.165) is 105 Å². The zero-order valence-corrected chi connectivity index (χ0v) is 33.8. The number of nitrogens with one attached hydrogen (secondary N) is 2. The standard InChI is InChI=1S/C43H52Cl2N6O3/c1-27-18-35(19-28(2)41(27)45)54-17-9-10-32(22-33-20-31(23-51-15-7-8-16-51)21-37-34(25-52)24-49(5)43(33)37)36-11-12-38(44)40(42(36)47-14-13-46-26-53)39-29(3)48-50(6)30(39)4/h11-12,18-22,24-26,30,39,47H,7-10,13-17,23H2,1-6H3,(H,46,53)/b32-22+. The summed E-state index contributed by atoms with van der Waals surface area (Å²) in [6.07, 6.45) is 9.73. The fourth-order valence-corrected chi connectivity index (χ4v) is 8.56.